The number of aromatic nitrogens is 4. The molecule has 4 heterocycles. The molecular weight excluding hydrogens is 1260 g/mol. The molecule has 0 radical (unpaired) electrons. The molecule has 0 unspecified atom stereocenters. The van der Waals surface area contributed by atoms with E-state index in [-0.39, 0.29) is 0 Å². The van der Waals surface area contributed by atoms with E-state index in [0.29, 0.717) is 0 Å². The molecule has 0 aliphatic heterocycles. The first kappa shape index (κ1) is 62.0. The van der Waals surface area contributed by atoms with Crippen molar-refractivity contribution in [2.75, 3.05) is 0 Å². The van der Waals surface area contributed by atoms with Crippen molar-refractivity contribution in [1.82, 2.24) is 19.1 Å². The molecule has 4 nitrogen and oxygen atoms in total. The number of pyridine rings is 2. The molecule has 0 amide bonds. The maximum Gasteiger partial charge on any atom is 0.0794 e. The predicted octanol–water partition coefficient (Wildman–Crippen LogP) is 27.1. The zero-order chi connectivity index (χ0) is 69.8. The molecule has 4 aromatic heterocycles. The summed E-state index contributed by atoms with van der Waals surface area (Å²) in [5.74, 6) is 0. The fourth-order valence-electron chi connectivity index (χ4n) is 17.3. The van der Waals surface area contributed by atoms with E-state index in [9.17, 15) is 0 Å². The number of rotatable bonds is 8. The second-order valence-corrected chi connectivity index (χ2v) is 28.3. The van der Waals surface area contributed by atoms with Crippen LogP contribution in [0, 0.1) is 41.5 Å². The lowest BCUT2D eigenvalue weighted by Gasteiger charge is -2.14. The summed E-state index contributed by atoms with van der Waals surface area (Å²) >= 11 is 0. The molecular formula is C100H72N4. The van der Waals surface area contributed by atoms with Crippen LogP contribution in [0.4, 0.5) is 0 Å². The third-order valence-electron chi connectivity index (χ3n) is 21.6. The largest absolute Gasteiger partial charge is 0.309 e. The first-order valence-corrected chi connectivity index (χ1v) is 36.1. The summed E-state index contributed by atoms with van der Waals surface area (Å²) in [6.45, 7) is 13.3. The van der Waals surface area contributed by atoms with Gasteiger partial charge in [0.2, 0.25) is 0 Å². The van der Waals surface area contributed by atoms with Gasteiger partial charge in [-0.25, -0.2) is 9.97 Å². The molecule has 16 aromatic carbocycles. The molecule has 0 fully saturated rings. The van der Waals surface area contributed by atoms with Crippen molar-refractivity contribution in [2.45, 2.75) is 41.5 Å². The summed E-state index contributed by atoms with van der Waals surface area (Å²) in [5, 5.41) is 17.2. The van der Waals surface area contributed by atoms with Gasteiger partial charge >= 0.3 is 0 Å². The molecule has 0 saturated carbocycles. The molecule has 20 aromatic rings. The van der Waals surface area contributed by atoms with Crippen molar-refractivity contribution in [3.05, 3.63) is 361 Å². The second-order valence-electron chi connectivity index (χ2n) is 28.3. The third-order valence-corrected chi connectivity index (χ3v) is 21.6. The van der Waals surface area contributed by atoms with Crippen LogP contribution in [0.3, 0.4) is 0 Å². The number of fused-ring (bicyclic) bond motifs is 18. The van der Waals surface area contributed by atoms with E-state index in [1.807, 2.05) is 0 Å². The lowest BCUT2D eigenvalue weighted by Crippen LogP contribution is -1.96. The van der Waals surface area contributed by atoms with Crippen LogP contribution in [0.15, 0.2) is 328 Å². The predicted molar refractivity (Wildman–Crippen MR) is 443 cm³/mol. The Kier molecular flexibility index (Phi) is 14.9. The lowest BCUT2D eigenvalue weighted by molar-refractivity contribution is 1.18. The first-order chi connectivity index (χ1) is 51.0. The molecule has 0 aliphatic rings. The standard InChI is InChI=1S/C53H42N2.C47H30N2/c1-31-24-33(3)51(34(4)25-31)38-18-22-49-46(29-38)47-30-39(52-35(5)26-32(2)27-36(52)6)19-23-50(47)55(49)40-13-11-12-37(28-40)48-21-20-45-43-16-8-7-14-41(43)42-15-9-10-17-44(42)53(45)54-48;1-3-12-31(13-4-1)33-22-26-45-42(29-33)43-30-34(32-14-5-2-6-15-32)23-27-46(43)49(45)36-17-11-16-35(28-36)44-25-24-41-39-20-8-7-18-37(39)38-19-9-10-21-40(38)47(41)48-44/h7-30H,1-6H3;1-30H. The van der Waals surface area contributed by atoms with Gasteiger partial charge < -0.3 is 9.13 Å². The minimum Gasteiger partial charge on any atom is -0.309 e. The van der Waals surface area contributed by atoms with Crippen LogP contribution in [-0.4, -0.2) is 19.1 Å². The Morgan fingerprint density at radius 1 is 0.192 bits per heavy atom. The number of hydrogen-bond donors (Lipinski definition) is 0. The number of nitrogens with zero attached hydrogens (tertiary/aromatic N) is 4. The van der Waals surface area contributed by atoms with Crippen LogP contribution < -0.4 is 0 Å². The van der Waals surface area contributed by atoms with Crippen LogP contribution in [-0.2, 0) is 0 Å². The quantitative estimate of drug-likeness (QED) is 0.142. The summed E-state index contributed by atoms with van der Waals surface area (Å²) in [4.78, 5) is 10.7. The molecule has 20 rings (SSSR count). The summed E-state index contributed by atoms with van der Waals surface area (Å²) in [5.41, 5.74) is 31.0. The van der Waals surface area contributed by atoms with Gasteiger partial charge in [-0.3, -0.25) is 0 Å². The zero-order valence-corrected chi connectivity index (χ0v) is 59.0. The fourth-order valence-corrected chi connectivity index (χ4v) is 17.3. The van der Waals surface area contributed by atoms with E-state index < -0.39 is 0 Å². The van der Waals surface area contributed by atoms with Gasteiger partial charge in [-0.2, -0.15) is 0 Å². The topological polar surface area (TPSA) is 35.6 Å². The van der Waals surface area contributed by atoms with Crippen LogP contribution in [0.25, 0.3) is 187 Å². The molecule has 0 N–H and O–H groups in total. The summed E-state index contributed by atoms with van der Waals surface area (Å²) in [6, 6.07) is 120. The van der Waals surface area contributed by atoms with Crippen molar-refractivity contribution < 1.29 is 0 Å². The first-order valence-electron chi connectivity index (χ1n) is 36.1. The maximum absolute atomic E-state index is 5.40. The second kappa shape index (κ2) is 24.9. The minimum atomic E-state index is 0.966. The molecule has 492 valence electrons. The monoisotopic (exact) mass is 1330 g/mol. The van der Waals surface area contributed by atoms with Crippen LogP contribution >= 0.6 is 0 Å². The Hall–Kier alpha value is -13.0. The smallest absolute Gasteiger partial charge is 0.0794 e. The summed E-state index contributed by atoms with van der Waals surface area (Å²) < 4.78 is 4.84. The van der Waals surface area contributed by atoms with Gasteiger partial charge in [-0.1, -0.05) is 242 Å². The van der Waals surface area contributed by atoms with E-state index in [4.69, 9.17) is 9.97 Å². The lowest BCUT2D eigenvalue weighted by atomic mass is 9.91. The average molecular weight is 1330 g/mol. The van der Waals surface area contributed by atoms with E-state index in [2.05, 4.69) is 378 Å². The van der Waals surface area contributed by atoms with Crippen molar-refractivity contribution in [2.24, 2.45) is 0 Å². The molecule has 0 spiro atoms. The highest BCUT2D eigenvalue weighted by atomic mass is 15.0. The Morgan fingerprint density at radius 2 is 0.471 bits per heavy atom. The van der Waals surface area contributed by atoms with Crippen LogP contribution in [0.2, 0.25) is 0 Å². The summed E-state index contributed by atoms with van der Waals surface area (Å²) in [6.07, 6.45) is 0. The highest BCUT2D eigenvalue weighted by molar-refractivity contribution is 6.26. The van der Waals surface area contributed by atoms with E-state index in [1.165, 1.54) is 175 Å². The maximum atomic E-state index is 5.40. The molecule has 0 aliphatic carbocycles. The molecule has 4 heteroatoms. The van der Waals surface area contributed by atoms with Gasteiger partial charge in [-0.15, -0.1) is 0 Å². The Balaban J connectivity index is 0.000000144. The van der Waals surface area contributed by atoms with Crippen molar-refractivity contribution in [1.29, 1.82) is 0 Å². The fraction of sp³-hybridized carbons (Fsp3) is 0.0600. The van der Waals surface area contributed by atoms with Gasteiger partial charge in [0.15, 0.2) is 0 Å². The van der Waals surface area contributed by atoms with Crippen LogP contribution in [0.1, 0.15) is 33.4 Å². The Bertz CT molecular complexity index is 6580. The Morgan fingerprint density at radius 3 is 0.817 bits per heavy atom. The van der Waals surface area contributed by atoms with Crippen molar-refractivity contribution in [3.63, 3.8) is 0 Å². The number of hydrogen-bond acceptors (Lipinski definition) is 2. The van der Waals surface area contributed by atoms with E-state index in [1.54, 1.807) is 0 Å². The van der Waals surface area contributed by atoms with Gasteiger partial charge in [0.05, 0.1) is 44.5 Å². The van der Waals surface area contributed by atoms with Gasteiger partial charge in [0, 0.05) is 65.6 Å². The SMILES string of the molecule is Cc1cc(C)c(-c2ccc3c(c2)c2cc(-c4c(C)cc(C)cc4C)ccc2n3-c2cccc(-c3ccc4c5ccccc5c5ccccc5c4n3)c2)c(C)c1.c1ccc(-c2ccc3c(c2)c2cc(-c4ccccc4)ccc2n3-c2cccc(-c3ccc4c5ccccc5c5ccccc5c4n3)c2)cc1. The van der Waals surface area contributed by atoms with E-state index in [0.717, 1.165) is 44.9 Å². The number of benzene rings is 16. The number of aryl methyl sites for hydroxylation is 6. The van der Waals surface area contributed by atoms with Gasteiger partial charge in [0.1, 0.15) is 0 Å². The van der Waals surface area contributed by atoms with Crippen molar-refractivity contribution in [3.8, 4) is 78.4 Å². The van der Waals surface area contributed by atoms with Gasteiger partial charge in [-0.05, 0) is 238 Å². The molecule has 0 saturated heterocycles. The van der Waals surface area contributed by atoms with Crippen molar-refractivity contribution >= 4 is 109 Å². The zero-order valence-electron chi connectivity index (χ0n) is 59.0. The third kappa shape index (κ3) is 10.4. The normalized spacial score (nSPS) is 11.8. The Labute approximate surface area is 604 Å². The van der Waals surface area contributed by atoms with E-state index >= 15 is 0 Å². The summed E-state index contributed by atoms with van der Waals surface area (Å²) in [7, 11) is 0. The highest BCUT2D eigenvalue weighted by Gasteiger charge is 2.21. The van der Waals surface area contributed by atoms with Crippen LogP contribution in [0.5, 0.6) is 0 Å². The van der Waals surface area contributed by atoms with Gasteiger partial charge in [0.25, 0.3) is 0 Å². The molecule has 0 bridgehead atoms. The highest BCUT2D eigenvalue weighted by Crippen LogP contribution is 2.44. The molecule has 104 heavy (non-hydrogen) atoms. The minimum absolute atomic E-state index is 0.966. The average Bonchev–Trinajstić information content (AvgIpc) is 1.52. The molecule has 0 atom stereocenters.